The van der Waals surface area contributed by atoms with Gasteiger partial charge in [0.1, 0.15) is 12.2 Å². The molecule has 5 heteroatoms. The fourth-order valence-electron chi connectivity index (χ4n) is 2.43. The molecule has 0 radical (unpaired) electrons. The molecule has 0 aromatic heterocycles. The molecule has 1 saturated heterocycles. The van der Waals surface area contributed by atoms with E-state index in [-0.39, 0.29) is 23.0 Å². The smallest absolute Gasteiger partial charge is 0.192 e. The highest BCUT2D eigenvalue weighted by Crippen LogP contribution is 2.37. The summed E-state index contributed by atoms with van der Waals surface area (Å²) in [4.78, 5) is 12.3. The number of hydrogen-bond donors (Lipinski definition) is 0. The van der Waals surface area contributed by atoms with Crippen molar-refractivity contribution >= 4 is 14.1 Å². The predicted octanol–water partition coefficient (Wildman–Crippen LogP) is 3.94. The van der Waals surface area contributed by atoms with Crippen molar-refractivity contribution in [3.63, 3.8) is 0 Å². The third-order valence-electron chi connectivity index (χ3n) is 5.00. The molecule has 0 aromatic rings. The van der Waals surface area contributed by atoms with Crippen LogP contribution in [0.15, 0.2) is 0 Å². The number of rotatable bonds is 7. The number of methoxy groups -OCH3 is 1. The minimum Gasteiger partial charge on any atom is -0.414 e. The van der Waals surface area contributed by atoms with Crippen molar-refractivity contribution in [3.05, 3.63) is 0 Å². The van der Waals surface area contributed by atoms with E-state index >= 15 is 0 Å². The molecule has 0 aliphatic carbocycles. The number of carbonyl (C=O) groups is 1. The van der Waals surface area contributed by atoms with Gasteiger partial charge in [-0.3, -0.25) is 4.79 Å². The molecule has 1 aliphatic heterocycles. The van der Waals surface area contributed by atoms with Crippen molar-refractivity contribution in [1.29, 1.82) is 0 Å². The lowest BCUT2D eigenvalue weighted by Gasteiger charge is -2.40. The van der Waals surface area contributed by atoms with Gasteiger partial charge < -0.3 is 13.9 Å². The van der Waals surface area contributed by atoms with Crippen molar-refractivity contribution in [2.24, 2.45) is 0 Å². The molecule has 0 unspecified atom stereocenters. The quantitative estimate of drug-likeness (QED) is 0.663. The van der Waals surface area contributed by atoms with E-state index in [4.69, 9.17) is 13.9 Å². The molecule has 130 valence electrons. The van der Waals surface area contributed by atoms with Gasteiger partial charge in [-0.25, -0.2) is 0 Å². The lowest BCUT2D eigenvalue weighted by molar-refractivity contribution is -0.167. The molecule has 0 bridgehead atoms. The van der Waals surface area contributed by atoms with Crippen LogP contribution in [-0.2, 0) is 18.7 Å². The van der Waals surface area contributed by atoms with Gasteiger partial charge in [-0.2, -0.15) is 0 Å². The van der Waals surface area contributed by atoms with Crippen LogP contribution in [0.25, 0.3) is 0 Å². The Morgan fingerprint density at radius 2 is 1.95 bits per heavy atom. The van der Waals surface area contributed by atoms with E-state index in [1.807, 2.05) is 0 Å². The largest absolute Gasteiger partial charge is 0.414 e. The molecule has 0 spiro atoms. The first-order valence-electron chi connectivity index (χ1n) is 8.47. The Bertz CT molecular complexity index is 362. The number of hydrogen-bond acceptors (Lipinski definition) is 4. The maximum Gasteiger partial charge on any atom is 0.192 e. The van der Waals surface area contributed by atoms with E-state index in [1.54, 1.807) is 7.11 Å². The average Bonchev–Trinajstić information content (AvgIpc) is 2.41. The second-order valence-electron chi connectivity index (χ2n) is 7.84. The molecule has 0 saturated carbocycles. The minimum atomic E-state index is -1.85. The fourth-order valence-corrected chi connectivity index (χ4v) is 3.45. The zero-order valence-electron chi connectivity index (χ0n) is 15.4. The molecule has 22 heavy (non-hydrogen) atoms. The second kappa shape index (κ2) is 8.04. The van der Waals surface area contributed by atoms with Crippen molar-refractivity contribution in [3.8, 4) is 0 Å². The van der Waals surface area contributed by atoms with Gasteiger partial charge in [0.25, 0.3) is 0 Å². The van der Waals surface area contributed by atoms with Gasteiger partial charge >= 0.3 is 0 Å². The monoisotopic (exact) mass is 330 g/mol. The maximum absolute atomic E-state index is 12.3. The van der Waals surface area contributed by atoms with Gasteiger partial charge in [0.15, 0.2) is 14.1 Å². The second-order valence-corrected chi connectivity index (χ2v) is 12.6. The van der Waals surface area contributed by atoms with E-state index < -0.39 is 14.4 Å². The minimum absolute atomic E-state index is 0.0202. The molecule has 0 amide bonds. The zero-order valence-corrected chi connectivity index (χ0v) is 16.4. The van der Waals surface area contributed by atoms with Crippen LogP contribution in [0.4, 0.5) is 0 Å². The first kappa shape index (κ1) is 19.8. The van der Waals surface area contributed by atoms with Crippen LogP contribution >= 0.6 is 0 Å². The molecule has 4 nitrogen and oxygen atoms in total. The van der Waals surface area contributed by atoms with Crippen molar-refractivity contribution in [1.82, 2.24) is 0 Å². The van der Waals surface area contributed by atoms with Gasteiger partial charge in [0.05, 0.1) is 12.7 Å². The summed E-state index contributed by atoms with van der Waals surface area (Å²) in [5, 5.41) is 0.149. The van der Waals surface area contributed by atoms with Gasteiger partial charge in [-0.05, 0) is 24.6 Å². The summed E-state index contributed by atoms with van der Waals surface area (Å²) in [6.07, 6.45) is 2.87. The van der Waals surface area contributed by atoms with Gasteiger partial charge in [-0.15, -0.1) is 0 Å². The van der Waals surface area contributed by atoms with Crippen molar-refractivity contribution in [2.75, 3.05) is 13.7 Å². The van der Waals surface area contributed by atoms with Crippen LogP contribution in [0, 0.1) is 0 Å². The molecule has 1 aliphatic rings. The summed E-state index contributed by atoms with van der Waals surface area (Å²) in [7, 11) is -0.267. The Morgan fingerprint density at radius 3 is 2.45 bits per heavy atom. The van der Waals surface area contributed by atoms with E-state index in [2.05, 4.69) is 40.8 Å². The Labute approximate surface area is 137 Å². The lowest BCUT2D eigenvalue weighted by Crippen LogP contribution is -2.51. The number of carbonyl (C=O) groups excluding carboxylic acids is 1. The van der Waals surface area contributed by atoms with E-state index in [0.717, 1.165) is 19.3 Å². The molecular weight excluding hydrogens is 296 g/mol. The number of unbranched alkanes of at least 4 members (excludes halogenated alkanes) is 1. The average molecular weight is 331 g/mol. The lowest BCUT2D eigenvalue weighted by atomic mass is 9.97. The SMILES string of the molecule is CCCC[C@H]1CC(=O)[C@H](OC)[C@@H](CO[Si](C)(C)C(C)(C)C)O1. The fraction of sp³-hybridized carbons (Fsp3) is 0.941. The van der Waals surface area contributed by atoms with Crippen LogP contribution in [-0.4, -0.2) is 46.1 Å². The van der Waals surface area contributed by atoms with Gasteiger partial charge in [0, 0.05) is 13.5 Å². The summed E-state index contributed by atoms with van der Waals surface area (Å²) in [6.45, 7) is 13.7. The standard InChI is InChI=1S/C17H34O4Si/c1-8-9-10-13-11-14(18)16(19-5)15(21-13)12-20-22(6,7)17(2,3)4/h13,15-16H,8-12H2,1-7H3/t13-,15+,16-/m0/s1. The zero-order chi connectivity index (χ0) is 17.0. The van der Waals surface area contributed by atoms with Crippen LogP contribution in [0.1, 0.15) is 53.4 Å². The first-order chi connectivity index (χ1) is 10.1. The summed E-state index contributed by atoms with van der Waals surface area (Å²) in [5.41, 5.74) is 0. The third kappa shape index (κ3) is 5.15. The molecule has 1 heterocycles. The van der Waals surface area contributed by atoms with Crippen LogP contribution in [0.3, 0.4) is 0 Å². The predicted molar refractivity (Wildman–Crippen MR) is 91.8 cm³/mol. The van der Waals surface area contributed by atoms with Crippen LogP contribution < -0.4 is 0 Å². The van der Waals surface area contributed by atoms with Crippen molar-refractivity contribution in [2.45, 2.75) is 89.8 Å². The molecular formula is C17H34O4Si. The van der Waals surface area contributed by atoms with Crippen LogP contribution in [0.2, 0.25) is 18.1 Å². The molecule has 0 N–H and O–H groups in total. The first-order valence-corrected chi connectivity index (χ1v) is 11.4. The van der Waals surface area contributed by atoms with Crippen molar-refractivity contribution < 1.29 is 18.7 Å². The number of ether oxygens (including phenoxy) is 2. The molecule has 1 fully saturated rings. The summed E-state index contributed by atoms with van der Waals surface area (Å²) in [5.74, 6) is 0.152. The summed E-state index contributed by atoms with van der Waals surface area (Å²) >= 11 is 0. The van der Waals surface area contributed by atoms with Gasteiger partial charge in [0.2, 0.25) is 0 Å². The van der Waals surface area contributed by atoms with E-state index in [0.29, 0.717) is 13.0 Å². The summed E-state index contributed by atoms with van der Waals surface area (Å²) < 4.78 is 17.8. The van der Waals surface area contributed by atoms with E-state index in [9.17, 15) is 4.79 Å². The maximum atomic E-state index is 12.3. The highest BCUT2D eigenvalue weighted by atomic mass is 28.4. The summed E-state index contributed by atoms with van der Waals surface area (Å²) in [6, 6.07) is 0. The third-order valence-corrected chi connectivity index (χ3v) is 9.50. The number of Topliss-reactive ketones (excluding diaryl/α,β-unsaturated/α-hetero) is 1. The van der Waals surface area contributed by atoms with Crippen LogP contribution in [0.5, 0.6) is 0 Å². The van der Waals surface area contributed by atoms with Gasteiger partial charge in [-0.1, -0.05) is 40.5 Å². The molecule has 0 aromatic carbocycles. The Kier molecular flexibility index (Phi) is 7.24. The highest BCUT2D eigenvalue weighted by molar-refractivity contribution is 6.74. The normalized spacial score (nSPS) is 27.2. The molecule has 3 atom stereocenters. The topological polar surface area (TPSA) is 44.8 Å². The Balaban J connectivity index is 2.69. The number of ketones is 1. The highest BCUT2D eigenvalue weighted by Gasteiger charge is 2.42. The Morgan fingerprint density at radius 1 is 1.32 bits per heavy atom. The molecule has 1 rings (SSSR count). The van der Waals surface area contributed by atoms with E-state index in [1.165, 1.54) is 0 Å². The Hall–Kier alpha value is -0.233.